The molecule has 1 fully saturated rings. The number of thioether (sulfide) groups is 1. The summed E-state index contributed by atoms with van der Waals surface area (Å²) in [6.07, 6.45) is 18.9. The summed E-state index contributed by atoms with van der Waals surface area (Å²) >= 11 is 1.77. The first-order valence-electron chi connectivity index (χ1n) is 19.9. The van der Waals surface area contributed by atoms with Crippen LogP contribution < -0.4 is 14.8 Å². The summed E-state index contributed by atoms with van der Waals surface area (Å²) in [4.78, 5) is 26.6. The smallest absolute Gasteiger partial charge is 0.331 e. The van der Waals surface area contributed by atoms with Gasteiger partial charge in [-0.25, -0.2) is 19.1 Å². The van der Waals surface area contributed by atoms with Crippen molar-refractivity contribution in [2.24, 2.45) is 17.8 Å². The molecule has 0 bridgehead atoms. The Morgan fingerprint density at radius 1 is 1.00 bits per heavy atom. The van der Waals surface area contributed by atoms with Gasteiger partial charge in [0.15, 0.2) is 11.5 Å². The Bertz CT molecular complexity index is 1940. The van der Waals surface area contributed by atoms with E-state index in [0.29, 0.717) is 40.8 Å². The van der Waals surface area contributed by atoms with Gasteiger partial charge in [0.1, 0.15) is 23.2 Å². The number of allylic oxidation sites excluding steroid dienone is 5. The molecule has 5 rings (SSSR count). The summed E-state index contributed by atoms with van der Waals surface area (Å²) in [5.41, 5.74) is 2.54. The number of benzene rings is 1. The minimum atomic E-state index is -0.539. The quantitative estimate of drug-likeness (QED) is 0.0765. The van der Waals surface area contributed by atoms with Crippen LogP contribution in [0.15, 0.2) is 52.1 Å². The van der Waals surface area contributed by atoms with Crippen molar-refractivity contribution in [2.45, 2.75) is 119 Å². The number of hydrogen-bond acceptors (Lipinski definition) is 8. The summed E-state index contributed by atoms with van der Waals surface area (Å²) in [6, 6.07) is 5.64. The first-order valence-corrected chi connectivity index (χ1v) is 20.8. The van der Waals surface area contributed by atoms with Gasteiger partial charge in [-0.1, -0.05) is 97.1 Å². The second-order valence-electron chi connectivity index (χ2n) is 15.1. The zero-order valence-electron chi connectivity index (χ0n) is 33.6. The number of carbonyl (C=O) groups excluding carboxylic acids is 1. The second-order valence-corrected chi connectivity index (χ2v) is 16.3. The van der Waals surface area contributed by atoms with Gasteiger partial charge >= 0.3 is 5.97 Å². The third-order valence-electron chi connectivity index (χ3n) is 10.7. The van der Waals surface area contributed by atoms with Crippen LogP contribution in [0.4, 0.5) is 5.69 Å². The number of unbranched alkanes of at least 4 members (excludes halogenated alkanes) is 6. The molecule has 2 aromatic heterocycles. The molecule has 0 radical (unpaired) electrons. The monoisotopic (exact) mass is 753 g/mol. The lowest BCUT2D eigenvalue weighted by molar-refractivity contribution is -0.0249. The molecule has 0 N–H and O–H groups in total. The minimum Gasteiger partial charge on any atom is -0.496 e. The Morgan fingerprint density at radius 3 is 2.41 bits per heavy atom. The van der Waals surface area contributed by atoms with Crippen LogP contribution in [0.3, 0.4) is 0 Å². The first-order chi connectivity index (χ1) is 26.1. The first kappa shape index (κ1) is 40.9. The van der Waals surface area contributed by atoms with Gasteiger partial charge < -0.3 is 19.1 Å². The number of methoxy groups -OCH3 is 1. The molecule has 0 spiro atoms. The Labute approximate surface area is 326 Å². The van der Waals surface area contributed by atoms with E-state index in [9.17, 15) is 4.79 Å². The summed E-state index contributed by atoms with van der Waals surface area (Å²) in [5.74, 6) is 2.11. The van der Waals surface area contributed by atoms with Crippen molar-refractivity contribution in [3.8, 4) is 22.9 Å². The van der Waals surface area contributed by atoms with E-state index in [4.69, 9.17) is 30.9 Å². The molecule has 1 saturated carbocycles. The third kappa shape index (κ3) is 9.52. The van der Waals surface area contributed by atoms with Crippen molar-refractivity contribution in [1.29, 1.82) is 0 Å². The van der Waals surface area contributed by atoms with Crippen LogP contribution in [0.5, 0.6) is 11.5 Å². The van der Waals surface area contributed by atoms with Crippen molar-refractivity contribution in [3.05, 3.63) is 74.4 Å². The number of fused-ring (bicyclic) bond motifs is 1. The number of esters is 1. The van der Waals surface area contributed by atoms with E-state index in [1.165, 1.54) is 41.3 Å². The van der Waals surface area contributed by atoms with E-state index in [2.05, 4.69) is 64.3 Å². The fourth-order valence-electron chi connectivity index (χ4n) is 7.82. The lowest BCUT2D eigenvalue weighted by Gasteiger charge is -2.37. The van der Waals surface area contributed by atoms with Gasteiger partial charge in [0, 0.05) is 17.1 Å². The molecule has 2 atom stereocenters. The molecule has 3 aromatic rings. The molecule has 1 aliphatic heterocycles. The molecular formula is C44H59N5O4S. The number of aromatic nitrogens is 3. The van der Waals surface area contributed by atoms with E-state index >= 15 is 0 Å². The zero-order chi connectivity index (χ0) is 38.8. The van der Waals surface area contributed by atoms with Crippen molar-refractivity contribution in [1.82, 2.24) is 19.5 Å². The summed E-state index contributed by atoms with van der Waals surface area (Å²) < 4.78 is 19.8. The van der Waals surface area contributed by atoms with Crippen LogP contribution in [-0.4, -0.2) is 51.8 Å². The highest BCUT2D eigenvalue weighted by molar-refractivity contribution is 8.06. The number of ether oxygens (including phenoxy) is 3. The highest BCUT2D eigenvalue weighted by Crippen LogP contribution is 2.41. The standard InChI is InChI=1S/C44H59N5O4S/c1-10-12-14-15-16-19-25-52-34-22-23-37(51-9)35(28-34)42-46-43-39(44(50)53-41-30(4)26-29(3)27-31(41)5)40(45-8)36(49(43)47-42)20-17-18-21-38-48(24-13-11-2)32(6)33(7)54-38/h17-18,20-23,28-31,41H,10-16,19,24-27H2,1-7,9H3/b18-17+,36-20+,38-21+. The maximum atomic E-state index is 14.2. The molecule has 9 nitrogen and oxygen atoms in total. The molecular weight excluding hydrogens is 695 g/mol. The highest BCUT2D eigenvalue weighted by Gasteiger charge is 2.36. The Balaban J connectivity index is 1.53. The molecule has 0 amide bonds. The number of hydrogen-bond donors (Lipinski definition) is 0. The maximum Gasteiger partial charge on any atom is 0.331 e. The summed E-state index contributed by atoms with van der Waals surface area (Å²) in [6.45, 7) is 25.1. The van der Waals surface area contributed by atoms with Gasteiger partial charge in [0.25, 0.3) is 0 Å². The lowest BCUT2D eigenvalue weighted by atomic mass is 9.75. The van der Waals surface area contributed by atoms with Crippen LogP contribution >= 0.6 is 11.8 Å². The molecule has 54 heavy (non-hydrogen) atoms. The van der Waals surface area contributed by atoms with E-state index < -0.39 is 5.97 Å². The fraction of sp³-hybridized carbons (Fsp3) is 0.545. The molecule has 10 heteroatoms. The topological polar surface area (TPSA) is 82.5 Å². The Hall–Kier alpha value is -4.23. The van der Waals surface area contributed by atoms with E-state index in [0.717, 1.165) is 45.1 Å². The van der Waals surface area contributed by atoms with Gasteiger partial charge in [-0.15, -0.1) is 5.10 Å². The average molecular weight is 754 g/mol. The van der Waals surface area contributed by atoms with Gasteiger partial charge in [-0.2, -0.15) is 0 Å². The van der Waals surface area contributed by atoms with Crippen LogP contribution in [-0.2, 0) is 4.74 Å². The molecule has 290 valence electrons. The number of nitrogens with zero attached hydrogens (tertiary/aromatic N) is 5. The highest BCUT2D eigenvalue weighted by atomic mass is 32.2. The lowest BCUT2D eigenvalue weighted by Crippen LogP contribution is -2.37. The van der Waals surface area contributed by atoms with Crippen molar-refractivity contribution in [2.75, 3.05) is 20.3 Å². The van der Waals surface area contributed by atoms with Gasteiger partial charge in [0.05, 0.1) is 36.2 Å². The van der Waals surface area contributed by atoms with Crippen LogP contribution in [0.25, 0.3) is 28.0 Å². The molecule has 2 aliphatic rings. The SMILES string of the molecule is [C-]#[N+]c1c(C(=O)OC2C(C)CC(C)CC2C)c2nc(-c3cc(OCCCCCCCC)ccc3OC)nn2/c1=C/C=C/C=C1/SC(C)=C(C)N1CCCC. The Kier molecular flexibility index (Phi) is 14.7. The average Bonchev–Trinajstić information content (AvgIpc) is 3.79. The summed E-state index contributed by atoms with van der Waals surface area (Å²) in [7, 11) is 1.61. The van der Waals surface area contributed by atoms with E-state index in [1.54, 1.807) is 23.4 Å². The molecule has 3 heterocycles. The summed E-state index contributed by atoms with van der Waals surface area (Å²) in [5, 5.41) is 6.55. The fourth-order valence-corrected chi connectivity index (χ4v) is 8.87. The van der Waals surface area contributed by atoms with E-state index in [1.807, 2.05) is 36.4 Å². The minimum absolute atomic E-state index is 0.141. The van der Waals surface area contributed by atoms with Crippen LogP contribution in [0.1, 0.15) is 123 Å². The van der Waals surface area contributed by atoms with Crippen molar-refractivity contribution >= 4 is 35.1 Å². The van der Waals surface area contributed by atoms with Gasteiger partial charge in [0.2, 0.25) is 5.69 Å². The largest absolute Gasteiger partial charge is 0.496 e. The zero-order valence-corrected chi connectivity index (χ0v) is 34.4. The molecule has 1 aromatic carbocycles. The van der Waals surface area contributed by atoms with E-state index in [-0.39, 0.29) is 34.8 Å². The third-order valence-corrected chi connectivity index (χ3v) is 11.9. The van der Waals surface area contributed by atoms with Crippen molar-refractivity contribution in [3.63, 3.8) is 0 Å². The number of rotatable bonds is 17. The Morgan fingerprint density at radius 2 is 1.70 bits per heavy atom. The van der Waals surface area contributed by atoms with Gasteiger partial charge in [-0.05, 0) is 87.6 Å². The molecule has 0 saturated heterocycles. The predicted molar refractivity (Wildman–Crippen MR) is 221 cm³/mol. The van der Waals surface area contributed by atoms with Crippen LogP contribution in [0.2, 0.25) is 0 Å². The number of carbonyl (C=O) groups is 1. The maximum absolute atomic E-state index is 14.2. The van der Waals surface area contributed by atoms with Crippen LogP contribution in [0, 0.1) is 24.3 Å². The molecule has 1 aliphatic carbocycles. The predicted octanol–water partition coefficient (Wildman–Crippen LogP) is 10.9. The van der Waals surface area contributed by atoms with Crippen molar-refractivity contribution < 1.29 is 19.0 Å². The van der Waals surface area contributed by atoms with Gasteiger partial charge in [-0.3, -0.25) is 0 Å². The molecule has 2 unspecified atom stereocenters. The second kappa shape index (κ2) is 19.4. The normalized spacial score (nSPS) is 21.5.